The molecule has 1 saturated carbocycles. The number of Topliss-reactive ketones (excluding diaryl/α,β-unsaturated/α-hetero) is 1. The molecule has 21 nitrogen and oxygen atoms in total. The second kappa shape index (κ2) is 24.6. The largest absolute Gasteiger partial charge is 0.511 e. The van der Waals surface area contributed by atoms with Crippen molar-refractivity contribution in [3.8, 4) is 0 Å². The van der Waals surface area contributed by atoms with Crippen LogP contribution >= 0.6 is 0 Å². The van der Waals surface area contributed by atoms with E-state index < -0.39 is 157 Å². The molecular weight excluding hydrogens is 1060 g/mol. The van der Waals surface area contributed by atoms with Crippen molar-refractivity contribution in [2.24, 2.45) is 52.6 Å². The first-order valence-corrected chi connectivity index (χ1v) is 29.7. The van der Waals surface area contributed by atoms with Gasteiger partial charge in [-0.3, -0.25) is 4.79 Å². The minimum Gasteiger partial charge on any atom is -0.511 e. The lowest BCUT2D eigenvalue weighted by atomic mass is 9.49. The summed E-state index contributed by atoms with van der Waals surface area (Å²) in [6.07, 6.45) is -1.16. The van der Waals surface area contributed by atoms with E-state index in [0.29, 0.717) is 24.0 Å². The van der Waals surface area contributed by atoms with Crippen LogP contribution in [-0.4, -0.2) is 180 Å². The third kappa shape index (κ3) is 11.8. The molecule has 5 saturated heterocycles. The number of ether oxygens (including phenoxy) is 11. The van der Waals surface area contributed by atoms with Gasteiger partial charge in [0.25, 0.3) is 0 Å². The smallest absolute Gasteiger partial charge is 0.407 e. The standard InChI is InChI=1S/C61H92N2O19/c1-27-14-17-42(78-47-25-59(10,62)54(35(9)77-47)63-58(71)73-13)28(2)19-37-20-36(26-64)31(5)24-61(37)56(69)48(57(70)82-61)55(68)60(11)39(27)16-15-38-49(60)29(3)18-30(4)51(38)80-46-23-43(50(67)32(6)74-46)79-44-22-41(66)53(34(8)76-44)81-45-21-40(65)52(72-12)33(7)75-45/h14-16,19-20,29-35,37-47,49-54,64-68H,17-18,21-26,62H2,1-13H3,(H,63,71)/t29-,30+,31+,32-,33-,34+,35+,37+,38-,39-,40+,41-,42-,43+,44+,45+,46-,47-,49+,50-,51-,52-,53+,54-,59-,60+,61-/m0/s1. The van der Waals surface area contributed by atoms with Crippen LogP contribution < -0.4 is 11.1 Å². The molecule has 460 valence electrons. The van der Waals surface area contributed by atoms with Crippen molar-refractivity contribution >= 4 is 17.8 Å². The van der Waals surface area contributed by atoms with Crippen molar-refractivity contribution in [2.45, 2.75) is 237 Å². The van der Waals surface area contributed by atoms with Crippen LogP contribution in [0.4, 0.5) is 4.79 Å². The molecule has 9 rings (SSSR count). The number of nitrogens with one attached hydrogen (secondary N) is 1. The molecule has 0 aromatic heterocycles. The maximum atomic E-state index is 15.6. The van der Waals surface area contributed by atoms with Gasteiger partial charge in [0.05, 0.1) is 74.7 Å². The van der Waals surface area contributed by atoms with Gasteiger partial charge in [-0.15, -0.1) is 0 Å². The quantitative estimate of drug-likeness (QED) is 0.0789. The summed E-state index contributed by atoms with van der Waals surface area (Å²) < 4.78 is 68.4. The molecule has 1 spiro atoms. The highest BCUT2D eigenvalue weighted by atomic mass is 16.7. The van der Waals surface area contributed by atoms with Crippen LogP contribution in [0.15, 0.2) is 58.4 Å². The number of alkyl carbamates (subject to hydrolysis) is 1. The van der Waals surface area contributed by atoms with Gasteiger partial charge in [-0.1, -0.05) is 63.6 Å². The molecule has 1 amide bonds. The van der Waals surface area contributed by atoms with E-state index in [0.717, 1.165) is 5.57 Å². The third-order valence-electron chi connectivity index (χ3n) is 19.9. The third-order valence-corrected chi connectivity index (χ3v) is 19.9. The van der Waals surface area contributed by atoms with E-state index in [1.54, 1.807) is 26.8 Å². The molecule has 5 aliphatic heterocycles. The molecule has 5 heterocycles. The minimum atomic E-state index is -1.75. The lowest BCUT2D eigenvalue weighted by Crippen LogP contribution is -2.66. The Hall–Kier alpha value is -3.65. The molecule has 0 aromatic carbocycles. The number of hydrogen-bond acceptors (Lipinski definition) is 20. The fourth-order valence-electron chi connectivity index (χ4n) is 15.7. The Bertz CT molecular complexity index is 2490. The molecule has 82 heavy (non-hydrogen) atoms. The van der Waals surface area contributed by atoms with Crippen LogP contribution in [0.25, 0.3) is 0 Å². The van der Waals surface area contributed by atoms with Gasteiger partial charge < -0.3 is 88.7 Å². The normalized spacial score (nSPS) is 48.1. The summed E-state index contributed by atoms with van der Waals surface area (Å²) in [7, 11) is 2.79. The van der Waals surface area contributed by atoms with E-state index in [4.69, 9.17) is 57.8 Å². The lowest BCUT2D eigenvalue weighted by molar-refractivity contribution is -0.335. The number of aliphatic hydroxyl groups is 5. The fourth-order valence-corrected chi connectivity index (χ4v) is 15.7. The number of allylic oxidation sites excluding steroid dienone is 3. The second-order valence-electron chi connectivity index (χ2n) is 25.8. The van der Waals surface area contributed by atoms with E-state index in [9.17, 15) is 35.1 Å². The number of carbonyl (C=O) groups is 3. The molecular formula is C61H92N2O19. The molecule has 2 bridgehead atoms. The van der Waals surface area contributed by atoms with Crippen molar-refractivity contribution in [1.82, 2.24) is 5.32 Å². The number of ketones is 1. The van der Waals surface area contributed by atoms with Crippen molar-refractivity contribution < 1.29 is 92.0 Å². The van der Waals surface area contributed by atoms with Crippen LogP contribution in [0, 0.1) is 46.8 Å². The molecule has 21 heteroatoms. The summed E-state index contributed by atoms with van der Waals surface area (Å²) in [5, 5.41) is 60.3. The Labute approximate surface area is 482 Å². The van der Waals surface area contributed by atoms with Crippen molar-refractivity contribution in [1.29, 1.82) is 0 Å². The van der Waals surface area contributed by atoms with Gasteiger partial charge in [-0.25, -0.2) is 9.59 Å². The topological polar surface area (TPSA) is 292 Å². The van der Waals surface area contributed by atoms with Crippen LogP contribution in [0.3, 0.4) is 0 Å². The van der Waals surface area contributed by atoms with Crippen LogP contribution in [-0.2, 0) is 61.7 Å². The number of esters is 1. The molecule has 0 radical (unpaired) electrons. The number of aliphatic hydroxyl groups excluding tert-OH is 5. The predicted octanol–water partition coefficient (Wildman–Crippen LogP) is 5.25. The summed E-state index contributed by atoms with van der Waals surface area (Å²) in [4.78, 5) is 42.6. The molecule has 8 N–H and O–H groups in total. The Morgan fingerprint density at radius 2 is 1.37 bits per heavy atom. The number of rotatable bonds is 11. The van der Waals surface area contributed by atoms with Gasteiger partial charge >= 0.3 is 12.1 Å². The van der Waals surface area contributed by atoms with E-state index in [1.165, 1.54) is 14.2 Å². The zero-order valence-corrected chi connectivity index (χ0v) is 49.9. The fraction of sp³-hybridized carbons (Fsp3) is 0.787. The Kier molecular flexibility index (Phi) is 18.9. The highest BCUT2D eigenvalue weighted by Crippen LogP contribution is 2.61. The lowest BCUT2D eigenvalue weighted by Gasteiger charge is -2.56. The molecule has 27 atom stereocenters. The summed E-state index contributed by atoms with van der Waals surface area (Å²) >= 11 is 0. The molecule has 9 aliphatic rings. The SMILES string of the molecule is COC(=O)N[C@H]1[C@@H](C)O[C@@H](O[C@H]2CC=C(C)[C@@H]3C=C[C@@H]4[C@@H](O[C@H]5C[C@@H](O[C@@H]6C[C@H](O)[C@H](O[C@@H]7C[C@@H](O)[C@@H](OC)[C@H](C)O7)[C@@H](C)O6)[C@@H](O)[C@H](C)O5)[C@H](C)C[C@H](C)[C@H]4[C@]3(C)C(O)=C3C(=O)O[C@]4(C[C@@H](C)C(CO)=C[C@H]4C=C2C)C3=O)C[C@]1(C)N. The predicted molar refractivity (Wildman–Crippen MR) is 295 cm³/mol. The van der Waals surface area contributed by atoms with E-state index in [1.807, 2.05) is 47.6 Å². The van der Waals surface area contributed by atoms with Crippen LogP contribution in [0.5, 0.6) is 0 Å². The zero-order chi connectivity index (χ0) is 59.7. The number of hydrogen-bond donors (Lipinski definition) is 7. The van der Waals surface area contributed by atoms with Gasteiger partial charge in [0.2, 0.25) is 5.78 Å². The number of carbonyl (C=O) groups excluding carboxylic acids is 3. The van der Waals surface area contributed by atoms with Gasteiger partial charge in [0.15, 0.2) is 30.8 Å². The number of methoxy groups -OCH3 is 2. The van der Waals surface area contributed by atoms with Gasteiger partial charge in [0, 0.05) is 67.9 Å². The van der Waals surface area contributed by atoms with Crippen molar-refractivity contribution in [2.75, 3.05) is 20.8 Å². The number of amides is 1. The maximum Gasteiger partial charge on any atom is 0.407 e. The van der Waals surface area contributed by atoms with Gasteiger partial charge in [-0.2, -0.15) is 0 Å². The summed E-state index contributed by atoms with van der Waals surface area (Å²) in [5.41, 5.74) is 4.75. The van der Waals surface area contributed by atoms with E-state index in [2.05, 4.69) is 37.4 Å². The van der Waals surface area contributed by atoms with E-state index in [-0.39, 0.29) is 73.7 Å². The number of fused-ring (bicyclic) bond motifs is 4. The highest BCUT2D eigenvalue weighted by molar-refractivity contribution is 6.26. The van der Waals surface area contributed by atoms with Crippen molar-refractivity contribution in [3.05, 3.63) is 58.4 Å². The Balaban J connectivity index is 1.00. The number of nitrogens with two attached hydrogens (primary N) is 1. The molecule has 0 aromatic rings. The summed E-state index contributed by atoms with van der Waals surface area (Å²) in [6, 6.07) is -0.595. The van der Waals surface area contributed by atoms with Gasteiger partial charge in [0.1, 0.15) is 29.6 Å². The first kappa shape index (κ1) is 62.9. The molecule has 0 unspecified atom stereocenters. The van der Waals surface area contributed by atoms with Gasteiger partial charge in [-0.05, 0) is 96.1 Å². The highest BCUT2D eigenvalue weighted by Gasteiger charge is 2.64. The molecule has 6 fully saturated rings. The van der Waals surface area contributed by atoms with Crippen LogP contribution in [0.2, 0.25) is 0 Å². The Morgan fingerprint density at radius 1 is 0.744 bits per heavy atom. The summed E-state index contributed by atoms with van der Waals surface area (Å²) in [6.45, 7) is 20.6. The van der Waals surface area contributed by atoms with Crippen LogP contribution in [0.1, 0.15) is 121 Å². The van der Waals surface area contributed by atoms with E-state index >= 15 is 4.79 Å². The molecule has 4 aliphatic carbocycles. The first-order valence-electron chi connectivity index (χ1n) is 29.7. The second-order valence-corrected chi connectivity index (χ2v) is 25.8. The minimum absolute atomic E-state index is 0.0320. The monoisotopic (exact) mass is 1160 g/mol. The Morgan fingerprint density at radius 3 is 2.00 bits per heavy atom. The van der Waals surface area contributed by atoms with Crippen molar-refractivity contribution in [3.63, 3.8) is 0 Å². The average Bonchev–Trinajstić information content (AvgIpc) is 3.56. The first-order chi connectivity index (χ1) is 38.6. The maximum absolute atomic E-state index is 15.6. The average molecular weight is 1160 g/mol. The summed E-state index contributed by atoms with van der Waals surface area (Å²) in [5.74, 6) is -4.54. The zero-order valence-electron chi connectivity index (χ0n) is 49.9.